The maximum atomic E-state index is 5.56. The molecular weight excluding hydrogens is 315 g/mol. The summed E-state index contributed by atoms with van der Waals surface area (Å²) >= 11 is 1.68. The minimum absolute atomic E-state index is 0. The Balaban J connectivity index is 0.00000180. The summed E-state index contributed by atoms with van der Waals surface area (Å²) in [5, 5.41) is 4.25. The highest BCUT2D eigenvalue weighted by Crippen LogP contribution is 2.33. The van der Waals surface area contributed by atoms with Gasteiger partial charge in [-0.05, 0) is 26.0 Å². The van der Waals surface area contributed by atoms with Gasteiger partial charge in [-0.15, -0.1) is 42.6 Å². The summed E-state index contributed by atoms with van der Waals surface area (Å²) in [6.07, 6.45) is 5.96. The number of aryl methyl sites for hydroxylation is 2. The molecule has 7 heteroatoms. The lowest BCUT2D eigenvalue weighted by Crippen LogP contribution is -2.09. The van der Waals surface area contributed by atoms with Crippen LogP contribution in [0.1, 0.15) is 16.3 Å². The van der Waals surface area contributed by atoms with Gasteiger partial charge in [0.2, 0.25) is 0 Å². The monoisotopic (exact) mass is 332 g/mol. The zero-order valence-corrected chi connectivity index (χ0v) is 13.8. The molecule has 3 N–H and O–H groups in total. The van der Waals surface area contributed by atoms with Gasteiger partial charge in [0.25, 0.3) is 0 Å². The SMILES string of the molecule is C#CCNc1nc(CCN)nc2sc(C)c(C)c12.Cl.Cl. The first-order chi connectivity index (χ1) is 8.67. The molecule has 2 aromatic heterocycles. The summed E-state index contributed by atoms with van der Waals surface area (Å²) in [6, 6.07) is 0. The number of hydrogen-bond donors (Lipinski definition) is 2. The Morgan fingerprint density at radius 3 is 2.60 bits per heavy atom. The summed E-state index contributed by atoms with van der Waals surface area (Å²) < 4.78 is 0. The number of nitrogens with two attached hydrogens (primary N) is 1. The number of thiophene rings is 1. The van der Waals surface area contributed by atoms with Crippen LogP contribution in [-0.2, 0) is 6.42 Å². The largest absolute Gasteiger partial charge is 0.358 e. The Morgan fingerprint density at radius 1 is 1.30 bits per heavy atom. The van der Waals surface area contributed by atoms with E-state index in [1.807, 2.05) is 0 Å². The molecule has 0 amide bonds. The van der Waals surface area contributed by atoms with Gasteiger partial charge in [-0.25, -0.2) is 9.97 Å². The molecule has 2 aromatic rings. The topological polar surface area (TPSA) is 63.8 Å². The molecule has 2 rings (SSSR count). The highest BCUT2D eigenvalue weighted by molar-refractivity contribution is 7.18. The van der Waals surface area contributed by atoms with E-state index >= 15 is 0 Å². The van der Waals surface area contributed by atoms with E-state index < -0.39 is 0 Å². The number of terminal acetylenes is 1. The predicted molar refractivity (Wildman–Crippen MR) is 91.5 cm³/mol. The van der Waals surface area contributed by atoms with E-state index in [-0.39, 0.29) is 24.8 Å². The molecule has 0 saturated carbocycles. The molecule has 0 unspecified atom stereocenters. The van der Waals surface area contributed by atoms with Crippen molar-refractivity contribution in [2.45, 2.75) is 20.3 Å². The number of rotatable bonds is 4. The molecule has 4 nitrogen and oxygen atoms in total. The second kappa shape index (κ2) is 8.28. The lowest BCUT2D eigenvalue weighted by Gasteiger charge is -2.07. The smallest absolute Gasteiger partial charge is 0.139 e. The Bertz CT molecular complexity index is 619. The first-order valence-electron chi connectivity index (χ1n) is 5.81. The third-order valence-corrected chi connectivity index (χ3v) is 3.90. The normalized spacial score (nSPS) is 9.50. The lowest BCUT2D eigenvalue weighted by molar-refractivity contribution is 0.881. The van der Waals surface area contributed by atoms with Gasteiger partial charge in [0, 0.05) is 11.3 Å². The van der Waals surface area contributed by atoms with Crippen molar-refractivity contribution in [3.63, 3.8) is 0 Å². The van der Waals surface area contributed by atoms with Crippen LogP contribution in [0.2, 0.25) is 0 Å². The molecule has 0 aliphatic carbocycles. The summed E-state index contributed by atoms with van der Waals surface area (Å²) in [7, 11) is 0. The molecule has 110 valence electrons. The van der Waals surface area contributed by atoms with Crippen LogP contribution in [0, 0.1) is 26.2 Å². The van der Waals surface area contributed by atoms with E-state index in [0.717, 1.165) is 21.9 Å². The predicted octanol–water partition coefficient (Wildman–Crippen LogP) is 2.70. The fraction of sp³-hybridized carbons (Fsp3) is 0.385. The van der Waals surface area contributed by atoms with Gasteiger partial charge < -0.3 is 11.1 Å². The molecule has 0 bridgehead atoms. The Kier molecular flexibility index (Phi) is 7.84. The van der Waals surface area contributed by atoms with Crippen molar-refractivity contribution in [2.75, 3.05) is 18.4 Å². The lowest BCUT2D eigenvalue weighted by atomic mass is 10.2. The van der Waals surface area contributed by atoms with Gasteiger partial charge in [-0.3, -0.25) is 0 Å². The van der Waals surface area contributed by atoms with Crippen molar-refractivity contribution in [3.8, 4) is 12.3 Å². The van der Waals surface area contributed by atoms with Gasteiger partial charge in [0.15, 0.2) is 0 Å². The minimum Gasteiger partial charge on any atom is -0.358 e. The van der Waals surface area contributed by atoms with Crippen LogP contribution < -0.4 is 11.1 Å². The van der Waals surface area contributed by atoms with Gasteiger partial charge in [-0.1, -0.05) is 5.92 Å². The molecule has 0 atom stereocenters. The Hall–Kier alpha value is -1.06. The molecule has 0 saturated heterocycles. The third kappa shape index (κ3) is 3.74. The highest BCUT2D eigenvalue weighted by Gasteiger charge is 2.13. The maximum absolute atomic E-state index is 5.56. The van der Waals surface area contributed by atoms with Gasteiger partial charge in [0.1, 0.15) is 16.5 Å². The van der Waals surface area contributed by atoms with Gasteiger partial charge in [-0.2, -0.15) is 0 Å². The zero-order chi connectivity index (χ0) is 13.1. The molecule has 0 aliphatic heterocycles. The first-order valence-corrected chi connectivity index (χ1v) is 6.63. The number of aromatic nitrogens is 2. The van der Waals surface area contributed by atoms with Gasteiger partial charge >= 0.3 is 0 Å². The highest BCUT2D eigenvalue weighted by atomic mass is 35.5. The van der Waals surface area contributed by atoms with Crippen LogP contribution in [0.15, 0.2) is 0 Å². The molecule has 20 heavy (non-hydrogen) atoms. The van der Waals surface area contributed by atoms with Crippen molar-refractivity contribution in [1.82, 2.24) is 9.97 Å². The van der Waals surface area contributed by atoms with Crippen LogP contribution in [0.25, 0.3) is 10.2 Å². The summed E-state index contributed by atoms with van der Waals surface area (Å²) in [4.78, 5) is 11.3. The second-order valence-electron chi connectivity index (χ2n) is 4.05. The first kappa shape index (κ1) is 18.9. The van der Waals surface area contributed by atoms with Crippen molar-refractivity contribution in [1.29, 1.82) is 0 Å². The number of hydrogen-bond acceptors (Lipinski definition) is 5. The number of nitrogens with one attached hydrogen (secondary N) is 1. The minimum atomic E-state index is 0. The molecule has 0 aliphatic rings. The second-order valence-corrected chi connectivity index (χ2v) is 5.25. The van der Waals surface area contributed by atoms with Crippen LogP contribution >= 0.6 is 36.2 Å². The molecule has 0 radical (unpaired) electrons. The van der Waals surface area contributed by atoms with Crippen molar-refractivity contribution in [3.05, 3.63) is 16.3 Å². The molecule has 0 aromatic carbocycles. The average Bonchev–Trinajstić information content (AvgIpc) is 2.63. The van der Waals surface area contributed by atoms with Crippen LogP contribution in [0.5, 0.6) is 0 Å². The van der Waals surface area contributed by atoms with Crippen molar-refractivity contribution < 1.29 is 0 Å². The van der Waals surface area contributed by atoms with E-state index in [1.54, 1.807) is 11.3 Å². The number of fused-ring (bicyclic) bond motifs is 1. The van der Waals surface area contributed by atoms with E-state index in [9.17, 15) is 0 Å². The van der Waals surface area contributed by atoms with E-state index in [2.05, 4.69) is 35.1 Å². The summed E-state index contributed by atoms with van der Waals surface area (Å²) in [5.41, 5.74) is 6.78. The molecule has 0 spiro atoms. The number of nitrogens with zero attached hydrogens (tertiary/aromatic N) is 2. The van der Waals surface area contributed by atoms with Crippen molar-refractivity contribution >= 4 is 52.2 Å². The number of halogens is 2. The van der Waals surface area contributed by atoms with Gasteiger partial charge in [0.05, 0.1) is 11.9 Å². The quantitative estimate of drug-likeness (QED) is 0.845. The van der Waals surface area contributed by atoms with Crippen molar-refractivity contribution in [2.24, 2.45) is 5.73 Å². The zero-order valence-electron chi connectivity index (χ0n) is 11.4. The molecule has 2 heterocycles. The van der Waals surface area contributed by atoms with Crippen LogP contribution in [0.4, 0.5) is 5.82 Å². The Morgan fingerprint density at radius 2 is 2.00 bits per heavy atom. The average molecular weight is 333 g/mol. The molecular formula is C13H18Cl2N4S. The fourth-order valence-electron chi connectivity index (χ4n) is 1.80. The van der Waals surface area contributed by atoms with Crippen LogP contribution in [-0.4, -0.2) is 23.1 Å². The van der Waals surface area contributed by atoms with E-state index in [1.165, 1.54) is 10.4 Å². The maximum Gasteiger partial charge on any atom is 0.139 e. The van der Waals surface area contributed by atoms with Crippen LogP contribution in [0.3, 0.4) is 0 Å². The number of anilines is 1. The molecule has 0 fully saturated rings. The Labute approximate surface area is 135 Å². The fourth-order valence-corrected chi connectivity index (χ4v) is 2.85. The van der Waals surface area contributed by atoms with E-state index in [0.29, 0.717) is 19.5 Å². The third-order valence-electron chi connectivity index (χ3n) is 2.80. The van der Waals surface area contributed by atoms with E-state index in [4.69, 9.17) is 12.2 Å². The standard InChI is InChI=1S/C13H16N4S.2ClH/c1-4-7-15-12-11-8(2)9(3)18-13(11)17-10(16-12)5-6-14;;/h1H,5-7,14H2,2-3H3,(H,15,16,17);2*1H. The summed E-state index contributed by atoms with van der Waals surface area (Å²) in [6.45, 7) is 5.18. The summed E-state index contributed by atoms with van der Waals surface area (Å²) in [5.74, 6) is 4.16.